The zero-order valence-electron chi connectivity index (χ0n) is 20.2. The fraction of sp³-hybridized carbons (Fsp3) is 0.435. The molecule has 0 aliphatic carbocycles. The van der Waals surface area contributed by atoms with Gasteiger partial charge in [0.15, 0.2) is 0 Å². The van der Waals surface area contributed by atoms with E-state index >= 15 is 0 Å². The molecule has 0 fully saturated rings. The Morgan fingerprint density at radius 2 is 1.62 bits per heavy atom. The van der Waals surface area contributed by atoms with Gasteiger partial charge in [-0.15, -0.1) is 0 Å². The van der Waals surface area contributed by atoms with Gasteiger partial charge in [-0.3, -0.25) is 14.4 Å². The number of thiol groups is 1. The number of carbonyl (C=O) groups excluding carboxylic acids is 3. The van der Waals surface area contributed by atoms with Gasteiger partial charge in [-0.05, 0) is 36.1 Å². The van der Waals surface area contributed by atoms with Crippen LogP contribution in [-0.2, 0) is 32.0 Å². The van der Waals surface area contributed by atoms with E-state index in [0.29, 0.717) is 17.0 Å². The third-order valence-electron chi connectivity index (χ3n) is 5.38. The number of carboxylic acids is 1. The van der Waals surface area contributed by atoms with Gasteiger partial charge in [-0.2, -0.15) is 24.4 Å². The van der Waals surface area contributed by atoms with Crippen molar-refractivity contribution in [3.63, 3.8) is 0 Å². The van der Waals surface area contributed by atoms with Crippen LogP contribution in [-0.4, -0.2) is 85.8 Å². The van der Waals surface area contributed by atoms with Crippen LogP contribution < -0.4 is 21.7 Å². The van der Waals surface area contributed by atoms with Crippen LogP contribution in [0.25, 0.3) is 0 Å². The molecule has 1 aromatic carbocycles. The number of amides is 3. The summed E-state index contributed by atoms with van der Waals surface area (Å²) in [5, 5.41) is 26.8. The Bertz CT molecular complexity index is 1040. The molecule has 0 aliphatic rings. The van der Waals surface area contributed by atoms with E-state index in [2.05, 4.69) is 38.5 Å². The highest BCUT2D eigenvalue weighted by Gasteiger charge is 2.30. The number of rotatable bonds is 15. The van der Waals surface area contributed by atoms with E-state index in [0.717, 1.165) is 0 Å². The number of H-pyrrole nitrogens is 1. The Labute approximate surface area is 224 Å². The van der Waals surface area contributed by atoms with Gasteiger partial charge >= 0.3 is 5.97 Å². The minimum atomic E-state index is -1.19. The van der Waals surface area contributed by atoms with E-state index in [1.54, 1.807) is 12.1 Å². The fourth-order valence-corrected chi connectivity index (χ4v) is 3.94. The van der Waals surface area contributed by atoms with Gasteiger partial charge in [0.2, 0.25) is 17.7 Å². The number of benzene rings is 1. The number of carbonyl (C=O) groups is 4. The van der Waals surface area contributed by atoms with Gasteiger partial charge < -0.3 is 36.9 Å². The molecule has 0 bridgehead atoms. The number of nitrogens with zero attached hydrogens (tertiary/aromatic N) is 1. The smallest absolute Gasteiger partial charge is 0.326 e. The maximum Gasteiger partial charge on any atom is 0.326 e. The second-order valence-corrected chi connectivity index (χ2v) is 9.59. The van der Waals surface area contributed by atoms with Crippen molar-refractivity contribution in [1.82, 2.24) is 25.9 Å². The van der Waals surface area contributed by atoms with E-state index in [9.17, 15) is 29.4 Å². The molecular weight excluding hydrogens is 520 g/mol. The number of hydrogen-bond acceptors (Lipinski definition) is 9. The summed E-state index contributed by atoms with van der Waals surface area (Å²) in [6.07, 6.45) is 4.98. The van der Waals surface area contributed by atoms with Gasteiger partial charge in [0.1, 0.15) is 23.9 Å². The second-order valence-electron chi connectivity index (χ2n) is 8.24. The van der Waals surface area contributed by atoms with Gasteiger partial charge in [0, 0.05) is 30.5 Å². The molecule has 12 nitrogen and oxygen atoms in total. The minimum absolute atomic E-state index is 0.00754. The first-order chi connectivity index (χ1) is 17.6. The average Bonchev–Trinajstić information content (AvgIpc) is 3.39. The summed E-state index contributed by atoms with van der Waals surface area (Å²) < 4.78 is 0. The number of thioether (sulfide) groups is 1. The number of phenolic OH excluding ortho intramolecular Hbond substituents is 1. The Morgan fingerprint density at radius 3 is 2.16 bits per heavy atom. The van der Waals surface area contributed by atoms with Crippen molar-refractivity contribution in [1.29, 1.82) is 0 Å². The van der Waals surface area contributed by atoms with Crippen molar-refractivity contribution in [2.75, 3.05) is 17.8 Å². The number of aromatic amines is 1. The first-order valence-electron chi connectivity index (χ1n) is 11.4. The molecule has 14 heteroatoms. The van der Waals surface area contributed by atoms with Crippen molar-refractivity contribution in [2.45, 2.75) is 43.4 Å². The second kappa shape index (κ2) is 15.1. The summed E-state index contributed by atoms with van der Waals surface area (Å²) in [5.74, 6) is -2.57. The molecular formula is C23H32N6O6S2. The fourth-order valence-electron chi connectivity index (χ4n) is 3.30. The van der Waals surface area contributed by atoms with Crippen LogP contribution in [0.4, 0.5) is 0 Å². The van der Waals surface area contributed by atoms with Crippen LogP contribution >= 0.6 is 24.4 Å². The SMILES string of the molecule is CSCCC(NC(=O)C(Cc1ccc(O)cc1)NC(=O)C(Cc1cnc[nH]1)NC(=O)C(N)CS)C(=O)O. The van der Waals surface area contributed by atoms with Crippen molar-refractivity contribution >= 4 is 48.1 Å². The third-order valence-corrected chi connectivity index (χ3v) is 6.42. The summed E-state index contributed by atoms with van der Waals surface area (Å²) in [5.41, 5.74) is 6.91. The molecule has 0 saturated carbocycles. The number of aromatic nitrogens is 2. The number of phenols is 1. The van der Waals surface area contributed by atoms with Crippen molar-refractivity contribution in [3.05, 3.63) is 48.0 Å². The van der Waals surface area contributed by atoms with E-state index in [4.69, 9.17) is 5.73 Å². The minimum Gasteiger partial charge on any atom is -0.508 e. The molecule has 4 unspecified atom stereocenters. The quantitative estimate of drug-likeness (QED) is 0.134. The predicted molar refractivity (Wildman–Crippen MR) is 142 cm³/mol. The van der Waals surface area contributed by atoms with Crippen LogP contribution in [0.15, 0.2) is 36.8 Å². The van der Waals surface area contributed by atoms with Crippen molar-refractivity contribution < 1.29 is 29.4 Å². The number of aromatic hydroxyl groups is 1. The average molecular weight is 553 g/mol. The molecule has 0 spiro atoms. The summed E-state index contributed by atoms with van der Waals surface area (Å²) in [4.78, 5) is 57.3. The molecule has 202 valence electrons. The number of nitrogens with two attached hydrogens (primary N) is 1. The monoisotopic (exact) mass is 552 g/mol. The molecule has 4 atom stereocenters. The van der Waals surface area contributed by atoms with Crippen LogP contribution in [0.5, 0.6) is 5.75 Å². The van der Waals surface area contributed by atoms with Gasteiger partial charge in [-0.25, -0.2) is 9.78 Å². The Morgan fingerprint density at radius 1 is 1.03 bits per heavy atom. The largest absolute Gasteiger partial charge is 0.508 e. The summed E-state index contributed by atoms with van der Waals surface area (Å²) >= 11 is 5.45. The third kappa shape index (κ3) is 9.98. The van der Waals surface area contributed by atoms with Crippen molar-refractivity contribution in [3.8, 4) is 5.75 Å². The number of imidazole rings is 1. The first-order valence-corrected chi connectivity index (χ1v) is 13.4. The molecule has 2 rings (SSSR count). The van der Waals surface area contributed by atoms with Crippen LogP contribution in [0.1, 0.15) is 17.7 Å². The van der Waals surface area contributed by atoms with E-state index in [1.165, 1.54) is 36.4 Å². The highest BCUT2D eigenvalue weighted by atomic mass is 32.2. The summed E-state index contributed by atoms with van der Waals surface area (Å²) in [7, 11) is 0. The lowest BCUT2D eigenvalue weighted by molar-refractivity contribution is -0.142. The lowest BCUT2D eigenvalue weighted by Crippen LogP contribution is -2.58. The molecule has 1 aromatic heterocycles. The zero-order chi connectivity index (χ0) is 27.4. The molecule has 8 N–H and O–H groups in total. The van der Waals surface area contributed by atoms with Crippen molar-refractivity contribution in [2.24, 2.45) is 5.73 Å². The molecule has 1 heterocycles. The lowest BCUT2D eigenvalue weighted by Gasteiger charge is -2.25. The lowest BCUT2D eigenvalue weighted by atomic mass is 10.0. The number of aliphatic carboxylic acids is 1. The summed E-state index contributed by atoms with van der Waals surface area (Å²) in [6, 6.07) is 1.65. The van der Waals surface area contributed by atoms with Crippen LogP contribution in [0.3, 0.4) is 0 Å². The predicted octanol–water partition coefficient (Wildman–Crippen LogP) is -0.550. The van der Waals surface area contributed by atoms with Gasteiger partial charge in [0.05, 0.1) is 12.4 Å². The maximum atomic E-state index is 13.3. The highest BCUT2D eigenvalue weighted by Crippen LogP contribution is 2.12. The normalized spacial score (nSPS) is 14.1. The Balaban J connectivity index is 2.27. The number of nitrogens with one attached hydrogen (secondary N) is 4. The van der Waals surface area contributed by atoms with Gasteiger partial charge in [0.25, 0.3) is 0 Å². The summed E-state index contributed by atoms with van der Waals surface area (Å²) in [6.45, 7) is 0. The van der Waals surface area contributed by atoms with Crippen LogP contribution in [0, 0.1) is 0 Å². The number of carboxylic acid groups (broad SMARTS) is 1. The highest BCUT2D eigenvalue weighted by molar-refractivity contribution is 7.98. The molecule has 0 radical (unpaired) electrons. The zero-order valence-corrected chi connectivity index (χ0v) is 21.9. The van der Waals surface area contributed by atoms with E-state index < -0.39 is 47.9 Å². The van der Waals surface area contributed by atoms with E-state index in [-0.39, 0.29) is 30.8 Å². The molecule has 2 aromatic rings. The Hall–Kier alpha value is -3.23. The standard InChI is InChI=1S/C23H32N6O6S2/c1-37-7-6-17(23(34)35)27-21(32)18(8-13-2-4-15(30)5-3-13)29-22(33)19(9-14-10-25-12-26-14)28-20(31)16(24)11-36/h2-5,10,12,16-19,30,36H,6-9,11,24H2,1H3,(H,25,26)(H,27,32)(H,28,31)(H,29,33)(H,34,35). The first kappa shape index (κ1) is 30.0. The maximum absolute atomic E-state index is 13.3. The topological polar surface area (TPSA) is 200 Å². The molecule has 0 saturated heterocycles. The molecule has 37 heavy (non-hydrogen) atoms. The van der Waals surface area contributed by atoms with Gasteiger partial charge in [-0.1, -0.05) is 12.1 Å². The molecule has 0 aliphatic heterocycles. The Kier molecular flexibility index (Phi) is 12.3. The van der Waals surface area contributed by atoms with E-state index in [1.807, 2.05) is 6.26 Å². The number of hydrogen-bond donors (Lipinski definition) is 8. The van der Waals surface area contributed by atoms with Crippen LogP contribution in [0.2, 0.25) is 0 Å². The molecule has 3 amide bonds.